The number of carbonyl (C=O) groups is 3. The Kier molecular flexibility index (Phi) is 5.78. The fourth-order valence-electron chi connectivity index (χ4n) is 5.69. The number of barbiturate groups is 1. The zero-order valence-electron chi connectivity index (χ0n) is 20.7. The van der Waals surface area contributed by atoms with Crippen LogP contribution in [0.1, 0.15) is 35.2 Å². The van der Waals surface area contributed by atoms with Crippen LogP contribution in [0.4, 0.5) is 21.9 Å². The number of nitro groups is 1. The molecule has 1 saturated heterocycles. The van der Waals surface area contributed by atoms with Crippen molar-refractivity contribution >= 4 is 34.9 Å². The SMILES string of the molecule is CCN1c2ccc([N+](=O)[O-])cc2C[C@]2(C(=O)NC(=O)N(c3ccc(C)cc3C)C2=O)[C@@H]1c1ccccc1. The van der Waals surface area contributed by atoms with Gasteiger partial charge in [-0.15, -0.1) is 0 Å². The van der Waals surface area contributed by atoms with Crippen LogP contribution < -0.4 is 15.1 Å². The number of urea groups is 1. The Morgan fingerprint density at radius 2 is 1.70 bits per heavy atom. The minimum Gasteiger partial charge on any atom is -0.363 e. The molecule has 2 heterocycles. The molecule has 0 bridgehead atoms. The number of benzene rings is 3. The molecule has 0 unspecified atom stereocenters. The van der Waals surface area contributed by atoms with Crippen LogP contribution in [0, 0.1) is 29.4 Å². The summed E-state index contributed by atoms with van der Waals surface area (Å²) in [6, 6.07) is 17.5. The summed E-state index contributed by atoms with van der Waals surface area (Å²) in [5.74, 6) is -1.37. The normalized spacial score (nSPS) is 21.2. The van der Waals surface area contributed by atoms with E-state index in [1.165, 1.54) is 12.1 Å². The summed E-state index contributed by atoms with van der Waals surface area (Å²) in [7, 11) is 0. The summed E-state index contributed by atoms with van der Waals surface area (Å²) in [5, 5.41) is 14.0. The summed E-state index contributed by atoms with van der Waals surface area (Å²) >= 11 is 0. The highest BCUT2D eigenvalue weighted by molar-refractivity contribution is 6.31. The fourth-order valence-corrected chi connectivity index (χ4v) is 5.69. The zero-order valence-corrected chi connectivity index (χ0v) is 20.7. The minimum atomic E-state index is -1.75. The molecule has 1 N–H and O–H groups in total. The number of nitrogens with zero attached hydrogens (tertiary/aromatic N) is 3. The number of aryl methyl sites for hydroxylation is 2. The van der Waals surface area contributed by atoms with Crippen molar-refractivity contribution in [2.45, 2.75) is 33.2 Å². The van der Waals surface area contributed by atoms with Gasteiger partial charge in [-0.05, 0) is 49.6 Å². The first kappa shape index (κ1) is 24.2. The third kappa shape index (κ3) is 3.66. The highest BCUT2D eigenvalue weighted by Gasteiger charge is 2.62. The van der Waals surface area contributed by atoms with E-state index in [9.17, 15) is 24.5 Å². The second kappa shape index (κ2) is 8.85. The molecule has 9 nitrogen and oxygen atoms in total. The maximum absolute atomic E-state index is 14.5. The van der Waals surface area contributed by atoms with Gasteiger partial charge in [0, 0.05) is 30.8 Å². The molecule has 0 radical (unpaired) electrons. The lowest BCUT2D eigenvalue weighted by atomic mass is 9.66. The first-order chi connectivity index (χ1) is 17.7. The number of hydrogen-bond acceptors (Lipinski definition) is 6. The maximum Gasteiger partial charge on any atom is 0.335 e. The number of anilines is 2. The standard InChI is InChI=1S/C28H26N4O5/c1-4-30-23-13-11-21(32(36)37)15-20(23)16-28(24(30)19-8-6-5-7-9-19)25(33)29-27(35)31(26(28)34)22-12-10-17(2)14-18(22)3/h5-15,24H,4,16H2,1-3H3,(H,29,33,35)/t24-,28+/m0/s1. The zero-order chi connectivity index (χ0) is 26.5. The van der Waals surface area contributed by atoms with Gasteiger partial charge < -0.3 is 4.90 Å². The van der Waals surface area contributed by atoms with Gasteiger partial charge in [0.25, 0.3) is 11.6 Å². The van der Waals surface area contributed by atoms with Gasteiger partial charge in [0.2, 0.25) is 5.91 Å². The molecule has 9 heteroatoms. The first-order valence-electron chi connectivity index (χ1n) is 12.0. The van der Waals surface area contributed by atoms with E-state index in [0.717, 1.165) is 16.0 Å². The summed E-state index contributed by atoms with van der Waals surface area (Å²) in [6.07, 6.45) is -0.0978. The summed E-state index contributed by atoms with van der Waals surface area (Å²) < 4.78 is 0. The van der Waals surface area contributed by atoms with E-state index in [1.54, 1.807) is 25.1 Å². The number of carbonyl (C=O) groups excluding carboxylic acids is 3. The molecule has 4 amide bonds. The van der Waals surface area contributed by atoms with E-state index in [1.807, 2.05) is 55.1 Å². The number of fused-ring (bicyclic) bond motifs is 1. The molecule has 2 atom stereocenters. The summed E-state index contributed by atoms with van der Waals surface area (Å²) in [6.45, 7) is 6.04. The maximum atomic E-state index is 14.5. The predicted octanol–water partition coefficient (Wildman–Crippen LogP) is 4.60. The quantitative estimate of drug-likeness (QED) is 0.319. The molecular formula is C28H26N4O5. The lowest BCUT2D eigenvalue weighted by Gasteiger charge is -2.52. The van der Waals surface area contributed by atoms with Crippen molar-refractivity contribution < 1.29 is 19.3 Å². The van der Waals surface area contributed by atoms with Gasteiger partial charge in [0.1, 0.15) is 0 Å². The van der Waals surface area contributed by atoms with Gasteiger partial charge in [0.15, 0.2) is 5.41 Å². The van der Waals surface area contributed by atoms with Crippen LogP contribution >= 0.6 is 0 Å². The molecule has 3 aromatic carbocycles. The molecule has 0 aromatic heterocycles. The van der Waals surface area contributed by atoms with Crippen LogP contribution in [0.3, 0.4) is 0 Å². The van der Waals surface area contributed by atoms with Crippen LogP contribution in [0.25, 0.3) is 0 Å². The van der Waals surface area contributed by atoms with Gasteiger partial charge >= 0.3 is 6.03 Å². The number of nitrogens with one attached hydrogen (secondary N) is 1. The van der Waals surface area contributed by atoms with Crippen molar-refractivity contribution in [3.63, 3.8) is 0 Å². The highest BCUT2D eigenvalue weighted by atomic mass is 16.6. The smallest absolute Gasteiger partial charge is 0.335 e. The molecule has 188 valence electrons. The predicted molar refractivity (Wildman–Crippen MR) is 138 cm³/mol. The van der Waals surface area contributed by atoms with Crippen molar-refractivity contribution in [1.29, 1.82) is 0 Å². The largest absolute Gasteiger partial charge is 0.363 e. The Labute approximate surface area is 213 Å². The van der Waals surface area contributed by atoms with Crippen molar-refractivity contribution in [3.05, 3.63) is 99.1 Å². The molecule has 3 aromatic rings. The number of hydrogen-bond donors (Lipinski definition) is 1. The van der Waals surface area contributed by atoms with Crippen LogP contribution in [0.15, 0.2) is 66.7 Å². The molecule has 0 aliphatic carbocycles. The van der Waals surface area contributed by atoms with Crippen LogP contribution in [-0.2, 0) is 16.0 Å². The van der Waals surface area contributed by atoms with Gasteiger partial charge in [-0.25, -0.2) is 9.69 Å². The van der Waals surface area contributed by atoms with E-state index in [-0.39, 0.29) is 12.1 Å². The molecule has 0 saturated carbocycles. The van der Waals surface area contributed by atoms with Crippen molar-refractivity contribution in [2.24, 2.45) is 5.41 Å². The van der Waals surface area contributed by atoms with Crippen molar-refractivity contribution in [2.75, 3.05) is 16.3 Å². The summed E-state index contributed by atoms with van der Waals surface area (Å²) in [5.41, 5.74) is 2.13. The van der Waals surface area contributed by atoms with Crippen LogP contribution in [0.5, 0.6) is 0 Å². The van der Waals surface area contributed by atoms with Gasteiger partial charge in [-0.1, -0.05) is 48.0 Å². The second-order valence-corrected chi connectivity index (χ2v) is 9.51. The number of nitro benzene ring substituents is 1. The van der Waals surface area contributed by atoms with E-state index in [0.29, 0.717) is 29.0 Å². The van der Waals surface area contributed by atoms with Crippen LogP contribution in [0.2, 0.25) is 0 Å². The highest BCUT2D eigenvalue weighted by Crippen LogP contribution is 2.52. The van der Waals surface area contributed by atoms with Crippen molar-refractivity contribution in [3.8, 4) is 0 Å². The molecule has 5 rings (SSSR count). The fraction of sp³-hybridized carbons (Fsp3) is 0.250. The Morgan fingerprint density at radius 3 is 2.35 bits per heavy atom. The Morgan fingerprint density at radius 1 is 1.00 bits per heavy atom. The number of rotatable bonds is 4. The van der Waals surface area contributed by atoms with Gasteiger partial charge in [-0.3, -0.25) is 25.0 Å². The molecule has 1 fully saturated rings. The molecule has 37 heavy (non-hydrogen) atoms. The average molecular weight is 499 g/mol. The second-order valence-electron chi connectivity index (χ2n) is 9.51. The van der Waals surface area contributed by atoms with Crippen LogP contribution in [-0.4, -0.2) is 29.3 Å². The topological polar surface area (TPSA) is 113 Å². The Balaban J connectivity index is 1.77. The third-order valence-corrected chi connectivity index (χ3v) is 7.29. The average Bonchev–Trinajstić information content (AvgIpc) is 2.87. The molecular weight excluding hydrogens is 472 g/mol. The molecule has 1 spiro atoms. The number of imide groups is 2. The number of amides is 4. The van der Waals surface area contributed by atoms with E-state index in [2.05, 4.69) is 5.32 Å². The molecule has 2 aliphatic heterocycles. The monoisotopic (exact) mass is 498 g/mol. The van der Waals surface area contributed by atoms with E-state index in [4.69, 9.17) is 0 Å². The number of non-ortho nitro benzene ring substituents is 1. The van der Waals surface area contributed by atoms with Gasteiger partial charge in [0.05, 0.1) is 16.7 Å². The minimum absolute atomic E-state index is 0.0978. The first-order valence-corrected chi connectivity index (χ1v) is 12.0. The van der Waals surface area contributed by atoms with E-state index < -0.39 is 34.2 Å². The third-order valence-electron chi connectivity index (χ3n) is 7.29. The summed E-state index contributed by atoms with van der Waals surface area (Å²) in [4.78, 5) is 55.5. The van der Waals surface area contributed by atoms with Gasteiger partial charge in [-0.2, -0.15) is 0 Å². The van der Waals surface area contributed by atoms with Crippen molar-refractivity contribution in [1.82, 2.24) is 5.32 Å². The Hall–Kier alpha value is -4.53. The lowest BCUT2D eigenvalue weighted by molar-refractivity contribution is -0.384. The molecule has 2 aliphatic rings. The van der Waals surface area contributed by atoms with E-state index >= 15 is 0 Å². The Bertz CT molecular complexity index is 1450. The lowest BCUT2D eigenvalue weighted by Crippen LogP contribution is -2.69.